The number of unbranched alkanes of at least 4 members (excludes halogenated alkanes) is 11. The minimum atomic E-state index is -0.133. The number of halogens is 1. The van der Waals surface area contributed by atoms with Crippen LogP contribution in [0.1, 0.15) is 77.0 Å². The van der Waals surface area contributed by atoms with Crippen LogP contribution >= 0.6 is 0 Å². The summed E-state index contributed by atoms with van der Waals surface area (Å²) >= 11 is 0. The van der Waals surface area contributed by atoms with Crippen molar-refractivity contribution < 1.29 is 4.39 Å². The molecule has 0 aromatic carbocycles. The number of rotatable bonds is 12. The third-order valence-electron chi connectivity index (χ3n) is 2.88. The van der Waals surface area contributed by atoms with Crippen molar-refractivity contribution in [2.45, 2.75) is 77.0 Å². The average molecular weight is 215 g/mol. The van der Waals surface area contributed by atoms with Crippen LogP contribution < -0.4 is 0 Å². The molecule has 0 nitrogen and oxygen atoms in total. The Morgan fingerprint density at radius 1 is 0.533 bits per heavy atom. The van der Waals surface area contributed by atoms with Gasteiger partial charge in [0.1, 0.15) is 0 Å². The molecular formula is C14H28F. The van der Waals surface area contributed by atoms with E-state index in [1.54, 1.807) is 0 Å². The van der Waals surface area contributed by atoms with Gasteiger partial charge in [0.05, 0.1) is 6.67 Å². The molecule has 0 spiro atoms. The van der Waals surface area contributed by atoms with E-state index >= 15 is 0 Å². The monoisotopic (exact) mass is 215 g/mol. The standard InChI is InChI=1S/C14H28F/c1-2-3-4-5-6-7-8-9-10-11-12-13-14-15/h1-14H2. The Bertz CT molecular complexity index is 89.5. The van der Waals surface area contributed by atoms with Crippen molar-refractivity contribution in [3.05, 3.63) is 6.92 Å². The summed E-state index contributed by atoms with van der Waals surface area (Å²) in [4.78, 5) is 0. The van der Waals surface area contributed by atoms with Crippen molar-refractivity contribution in [2.75, 3.05) is 6.67 Å². The molecule has 1 radical (unpaired) electrons. The first kappa shape index (κ1) is 14.9. The first-order valence-corrected chi connectivity index (χ1v) is 6.77. The van der Waals surface area contributed by atoms with Crippen molar-refractivity contribution in [3.8, 4) is 0 Å². The Morgan fingerprint density at radius 3 is 1.20 bits per heavy atom. The molecule has 0 atom stereocenters. The van der Waals surface area contributed by atoms with Crippen LogP contribution in [-0.4, -0.2) is 6.67 Å². The molecule has 0 aliphatic carbocycles. The molecule has 0 aromatic heterocycles. The quantitative estimate of drug-likeness (QED) is 0.379. The predicted octanol–water partition coefficient (Wildman–Crippen LogP) is 5.47. The lowest BCUT2D eigenvalue weighted by Gasteiger charge is -2.01. The SMILES string of the molecule is [CH2]CCCCCCCCCCCCCF. The van der Waals surface area contributed by atoms with Crippen LogP contribution in [0.5, 0.6) is 0 Å². The topological polar surface area (TPSA) is 0 Å². The average Bonchev–Trinajstić information content (AvgIpc) is 2.26. The minimum Gasteiger partial charge on any atom is -0.251 e. The van der Waals surface area contributed by atoms with Gasteiger partial charge in [0, 0.05) is 0 Å². The van der Waals surface area contributed by atoms with Gasteiger partial charge in [-0.3, -0.25) is 4.39 Å². The van der Waals surface area contributed by atoms with E-state index in [0.29, 0.717) is 0 Å². The molecule has 0 saturated carbocycles. The molecule has 0 fully saturated rings. The third-order valence-corrected chi connectivity index (χ3v) is 2.88. The van der Waals surface area contributed by atoms with Gasteiger partial charge in [0.25, 0.3) is 0 Å². The Labute approximate surface area is 95.6 Å². The Kier molecular flexibility index (Phi) is 13.9. The van der Waals surface area contributed by atoms with Crippen LogP contribution in [0, 0.1) is 6.92 Å². The van der Waals surface area contributed by atoms with Crippen molar-refractivity contribution in [1.29, 1.82) is 0 Å². The lowest BCUT2D eigenvalue weighted by atomic mass is 10.1. The van der Waals surface area contributed by atoms with Gasteiger partial charge in [-0.2, -0.15) is 0 Å². The number of hydrogen-bond donors (Lipinski definition) is 0. The first-order valence-electron chi connectivity index (χ1n) is 6.77. The van der Waals surface area contributed by atoms with E-state index in [2.05, 4.69) is 6.92 Å². The van der Waals surface area contributed by atoms with Gasteiger partial charge in [0.15, 0.2) is 0 Å². The van der Waals surface area contributed by atoms with Crippen LogP contribution in [0.3, 0.4) is 0 Å². The number of alkyl halides is 1. The molecule has 0 aliphatic heterocycles. The highest BCUT2D eigenvalue weighted by Gasteiger charge is 1.92. The summed E-state index contributed by atoms with van der Waals surface area (Å²) in [5, 5.41) is 0. The molecule has 0 N–H and O–H groups in total. The highest BCUT2D eigenvalue weighted by atomic mass is 19.1. The van der Waals surface area contributed by atoms with Crippen molar-refractivity contribution in [3.63, 3.8) is 0 Å². The van der Waals surface area contributed by atoms with Crippen LogP contribution in [-0.2, 0) is 0 Å². The normalized spacial score (nSPS) is 10.8. The molecular weight excluding hydrogens is 187 g/mol. The van der Waals surface area contributed by atoms with Crippen molar-refractivity contribution >= 4 is 0 Å². The van der Waals surface area contributed by atoms with E-state index in [1.807, 2.05) is 0 Å². The molecule has 0 aliphatic rings. The summed E-state index contributed by atoms with van der Waals surface area (Å²) in [5.41, 5.74) is 0. The van der Waals surface area contributed by atoms with Gasteiger partial charge < -0.3 is 0 Å². The van der Waals surface area contributed by atoms with E-state index in [0.717, 1.165) is 19.3 Å². The predicted molar refractivity (Wildman–Crippen MR) is 66.7 cm³/mol. The first-order chi connectivity index (χ1) is 7.41. The molecule has 0 unspecified atom stereocenters. The van der Waals surface area contributed by atoms with Gasteiger partial charge in [-0.15, -0.1) is 0 Å². The van der Waals surface area contributed by atoms with Crippen LogP contribution in [0.4, 0.5) is 4.39 Å². The fraction of sp³-hybridized carbons (Fsp3) is 0.929. The molecule has 91 valence electrons. The fourth-order valence-electron chi connectivity index (χ4n) is 1.86. The van der Waals surface area contributed by atoms with Gasteiger partial charge in [-0.1, -0.05) is 77.6 Å². The molecule has 0 bridgehead atoms. The van der Waals surface area contributed by atoms with Crippen LogP contribution in [0.25, 0.3) is 0 Å². The molecule has 0 rings (SSSR count). The summed E-state index contributed by atoms with van der Waals surface area (Å²) in [6.45, 7) is 3.71. The van der Waals surface area contributed by atoms with Crippen molar-refractivity contribution in [2.24, 2.45) is 0 Å². The largest absolute Gasteiger partial charge is 0.251 e. The Morgan fingerprint density at radius 2 is 0.867 bits per heavy atom. The lowest BCUT2D eigenvalue weighted by Crippen LogP contribution is -1.83. The Hall–Kier alpha value is -0.0700. The summed E-state index contributed by atoms with van der Waals surface area (Å²) in [6, 6.07) is 0. The summed E-state index contributed by atoms with van der Waals surface area (Å²) in [6.07, 6.45) is 15.0. The minimum absolute atomic E-state index is 0.133. The molecule has 0 saturated heterocycles. The van der Waals surface area contributed by atoms with Gasteiger partial charge >= 0.3 is 0 Å². The Balaban J connectivity index is 2.81. The molecule has 1 heteroatoms. The van der Waals surface area contributed by atoms with Gasteiger partial charge in [-0.25, -0.2) is 0 Å². The molecule has 0 aromatic rings. The lowest BCUT2D eigenvalue weighted by molar-refractivity contribution is 0.448. The molecule has 15 heavy (non-hydrogen) atoms. The second-order valence-corrected chi connectivity index (χ2v) is 4.43. The zero-order valence-corrected chi connectivity index (χ0v) is 10.3. The van der Waals surface area contributed by atoms with E-state index in [1.165, 1.54) is 57.8 Å². The zero-order chi connectivity index (χ0) is 11.2. The van der Waals surface area contributed by atoms with E-state index in [9.17, 15) is 4.39 Å². The summed E-state index contributed by atoms with van der Waals surface area (Å²) < 4.78 is 11.8. The second kappa shape index (κ2) is 13.9. The van der Waals surface area contributed by atoms with Gasteiger partial charge in [0.2, 0.25) is 0 Å². The fourth-order valence-corrected chi connectivity index (χ4v) is 1.86. The maximum atomic E-state index is 11.8. The maximum Gasteiger partial charge on any atom is 0.0894 e. The van der Waals surface area contributed by atoms with Crippen molar-refractivity contribution in [1.82, 2.24) is 0 Å². The third kappa shape index (κ3) is 13.9. The zero-order valence-electron chi connectivity index (χ0n) is 10.3. The highest BCUT2D eigenvalue weighted by molar-refractivity contribution is 4.49. The summed E-state index contributed by atoms with van der Waals surface area (Å²) in [5.74, 6) is 0. The molecule has 0 amide bonds. The van der Waals surface area contributed by atoms with Gasteiger partial charge in [-0.05, 0) is 6.42 Å². The van der Waals surface area contributed by atoms with Crippen LogP contribution in [0.15, 0.2) is 0 Å². The maximum absolute atomic E-state index is 11.8. The van der Waals surface area contributed by atoms with E-state index < -0.39 is 0 Å². The van der Waals surface area contributed by atoms with Crippen LogP contribution in [0.2, 0.25) is 0 Å². The number of hydrogen-bond acceptors (Lipinski definition) is 0. The smallest absolute Gasteiger partial charge is 0.0894 e. The van der Waals surface area contributed by atoms with E-state index in [4.69, 9.17) is 0 Å². The van der Waals surface area contributed by atoms with E-state index in [-0.39, 0.29) is 6.67 Å². The second-order valence-electron chi connectivity index (χ2n) is 4.43. The summed E-state index contributed by atoms with van der Waals surface area (Å²) in [7, 11) is 0. The highest BCUT2D eigenvalue weighted by Crippen LogP contribution is 2.11. The molecule has 0 heterocycles.